The number of hydrogen-bond acceptors (Lipinski definition) is 6. The molecule has 0 unspecified atom stereocenters. The number of nitrogens with zero attached hydrogens (tertiary/aromatic N) is 2. The second-order valence-corrected chi connectivity index (χ2v) is 9.35. The SMILES string of the molecule is COc1ccc(N2CCN([C@H](c3cccs3)[C@@H](C)NC(=O)c3cccs3)CC2)cc1. The molecular weight excluding hydrogens is 414 g/mol. The number of thiophene rings is 2. The summed E-state index contributed by atoms with van der Waals surface area (Å²) in [6.45, 7) is 5.94. The van der Waals surface area contributed by atoms with E-state index in [1.807, 2.05) is 29.6 Å². The van der Waals surface area contributed by atoms with Crippen LogP contribution in [-0.2, 0) is 0 Å². The van der Waals surface area contributed by atoms with Gasteiger partial charge in [-0.05, 0) is 54.1 Å². The molecule has 0 spiro atoms. The zero-order valence-electron chi connectivity index (χ0n) is 17.3. The predicted octanol–water partition coefficient (Wildman–Crippen LogP) is 4.50. The predicted molar refractivity (Wildman–Crippen MR) is 125 cm³/mol. The lowest BCUT2D eigenvalue weighted by molar-refractivity contribution is 0.0894. The third-order valence-corrected chi connectivity index (χ3v) is 7.37. The molecule has 158 valence electrons. The van der Waals surface area contributed by atoms with Gasteiger partial charge in [0.25, 0.3) is 5.91 Å². The van der Waals surface area contributed by atoms with Crippen LogP contribution < -0.4 is 15.0 Å². The van der Waals surface area contributed by atoms with Gasteiger partial charge in [-0.3, -0.25) is 9.69 Å². The van der Waals surface area contributed by atoms with Crippen LogP contribution in [0.25, 0.3) is 0 Å². The number of carbonyl (C=O) groups is 1. The first-order chi connectivity index (χ1) is 14.7. The first-order valence-corrected chi connectivity index (χ1v) is 11.9. The van der Waals surface area contributed by atoms with Gasteiger partial charge in [0, 0.05) is 42.8 Å². The summed E-state index contributed by atoms with van der Waals surface area (Å²) in [5.74, 6) is 0.890. The van der Waals surface area contributed by atoms with Gasteiger partial charge >= 0.3 is 0 Å². The second-order valence-electron chi connectivity index (χ2n) is 7.42. The first-order valence-electron chi connectivity index (χ1n) is 10.2. The summed E-state index contributed by atoms with van der Waals surface area (Å²) >= 11 is 3.24. The Morgan fingerprint density at radius 1 is 1.00 bits per heavy atom. The van der Waals surface area contributed by atoms with E-state index in [9.17, 15) is 4.79 Å². The molecule has 0 bridgehead atoms. The number of nitrogens with one attached hydrogen (secondary N) is 1. The van der Waals surface area contributed by atoms with E-state index in [2.05, 4.69) is 51.7 Å². The Hall–Kier alpha value is -2.35. The van der Waals surface area contributed by atoms with Crippen LogP contribution >= 0.6 is 22.7 Å². The number of piperazine rings is 1. The fraction of sp³-hybridized carbons (Fsp3) is 0.348. The van der Waals surface area contributed by atoms with Gasteiger partial charge in [0.15, 0.2) is 0 Å². The smallest absolute Gasteiger partial charge is 0.261 e. The lowest BCUT2D eigenvalue weighted by Crippen LogP contribution is -2.52. The van der Waals surface area contributed by atoms with Gasteiger partial charge in [-0.2, -0.15) is 0 Å². The van der Waals surface area contributed by atoms with E-state index in [1.165, 1.54) is 21.9 Å². The average molecular weight is 442 g/mol. The number of ether oxygens (including phenoxy) is 1. The zero-order valence-corrected chi connectivity index (χ0v) is 18.9. The van der Waals surface area contributed by atoms with Crippen molar-refractivity contribution in [2.24, 2.45) is 0 Å². The third kappa shape index (κ3) is 4.69. The molecule has 30 heavy (non-hydrogen) atoms. The van der Waals surface area contributed by atoms with Crippen molar-refractivity contribution in [3.05, 3.63) is 69.0 Å². The molecule has 1 aromatic carbocycles. The van der Waals surface area contributed by atoms with E-state index in [1.54, 1.807) is 18.4 Å². The molecular formula is C23H27N3O2S2. The van der Waals surface area contributed by atoms with Gasteiger partial charge < -0.3 is 15.0 Å². The van der Waals surface area contributed by atoms with Crippen molar-refractivity contribution in [2.45, 2.75) is 19.0 Å². The number of amides is 1. The van der Waals surface area contributed by atoms with E-state index in [0.29, 0.717) is 0 Å². The van der Waals surface area contributed by atoms with E-state index < -0.39 is 0 Å². The minimum Gasteiger partial charge on any atom is -0.497 e. The maximum Gasteiger partial charge on any atom is 0.261 e. The van der Waals surface area contributed by atoms with Crippen LogP contribution in [0.4, 0.5) is 5.69 Å². The highest BCUT2D eigenvalue weighted by Gasteiger charge is 2.31. The Balaban J connectivity index is 1.44. The lowest BCUT2D eigenvalue weighted by atomic mass is 10.0. The number of rotatable bonds is 7. The van der Waals surface area contributed by atoms with Crippen LogP contribution in [0.3, 0.4) is 0 Å². The molecule has 2 atom stereocenters. The molecule has 5 nitrogen and oxygen atoms in total. The zero-order chi connectivity index (χ0) is 20.9. The summed E-state index contributed by atoms with van der Waals surface area (Å²) in [7, 11) is 1.69. The molecule has 1 aliphatic rings. The topological polar surface area (TPSA) is 44.8 Å². The summed E-state index contributed by atoms with van der Waals surface area (Å²) in [4.78, 5) is 19.6. The lowest BCUT2D eigenvalue weighted by Gasteiger charge is -2.42. The Morgan fingerprint density at radius 3 is 2.30 bits per heavy atom. The van der Waals surface area contributed by atoms with E-state index in [4.69, 9.17) is 4.74 Å². The molecule has 4 rings (SSSR count). The standard InChI is InChI=1S/C23H27N3O2S2/c1-17(24-23(27)21-6-4-16-30-21)22(20-5-3-15-29-20)26-13-11-25(12-14-26)18-7-9-19(28-2)10-8-18/h3-10,15-17,22H,11-14H2,1-2H3,(H,24,27)/t17-,22+/m1/s1. The summed E-state index contributed by atoms with van der Waals surface area (Å²) in [5.41, 5.74) is 1.22. The number of anilines is 1. The second kappa shape index (κ2) is 9.64. The van der Waals surface area contributed by atoms with E-state index >= 15 is 0 Å². The average Bonchev–Trinajstić information content (AvgIpc) is 3.49. The number of carbonyl (C=O) groups excluding carboxylic acids is 1. The van der Waals surface area contributed by atoms with Gasteiger partial charge in [0.1, 0.15) is 5.75 Å². The quantitative estimate of drug-likeness (QED) is 0.586. The van der Waals surface area contributed by atoms with Crippen LogP contribution in [0.15, 0.2) is 59.3 Å². The highest BCUT2D eigenvalue weighted by Crippen LogP contribution is 2.31. The molecule has 1 saturated heterocycles. The van der Waals surface area contributed by atoms with Gasteiger partial charge in [-0.25, -0.2) is 0 Å². The molecule has 1 aliphatic heterocycles. The molecule has 0 radical (unpaired) electrons. The molecule has 1 N–H and O–H groups in total. The van der Waals surface area contributed by atoms with Gasteiger partial charge in [-0.15, -0.1) is 22.7 Å². The first kappa shape index (κ1) is 20.9. The largest absolute Gasteiger partial charge is 0.497 e. The van der Waals surface area contributed by atoms with Crippen molar-refractivity contribution in [1.29, 1.82) is 0 Å². The summed E-state index contributed by atoms with van der Waals surface area (Å²) in [6.07, 6.45) is 0. The molecule has 7 heteroatoms. The highest BCUT2D eigenvalue weighted by molar-refractivity contribution is 7.12. The minimum atomic E-state index is 0.0101. The Morgan fingerprint density at radius 2 is 1.70 bits per heavy atom. The van der Waals surface area contributed by atoms with Crippen LogP contribution in [-0.4, -0.2) is 50.1 Å². The van der Waals surface area contributed by atoms with Crippen LogP contribution in [0.2, 0.25) is 0 Å². The molecule has 1 fully saturated rings. The van der Waals surface area contributed by atoms with Crippen molar-refractivity contribution in [1.82, 2.24) is 10.2 Å². The van der Waals surface area contributed by atoms with Crippen molar-refractivity contribution in [3.63, 3.8) is 0 Å². The van der Waals surface area contributed by atoms with Crippen LogP contribution in [0.1, 0.15) is 27.5 Å². The number of methoxy groups -OCH3 is 1. The fourth-order valence-corrected chi connectivity index (χ4v) is 5.61. The van der Waals surface area contributed by atoms with Gasteiger partial charge in [0.05, 0.1) is 18.0 Å². The number of hydrogen-bond donors (Lipinski definition) is 1. The van der Waals surface area contributed by atoms with Crippen molar-refractivity contribution < 1.29 is 9.53 Å². The normalized spacial score (nSPS) is 16.8. The highest BCUT2D eigenvalue weighted by atomic mass is 32.1. The molecule has 3 aromatic rings. The maximum atomic E-state index is 12.6. The fourth-order valence-electron chi connectivity index (χ4n) is 4.02. The van der Waals surface area contributed by atoms with Gasteiger partial charge in [-0.1, -0.05) is 12.1 Å². The van der Waals surface area contributed by atoms with Gasteiger partial charge in [0.2, 0.25) is 0 Å². The Kier molecular flexibility index (Phi) is 6.72. The summed E-state index contributed by atoms with van der Waals surface area (Å²) < 4.78 is 5.27. The summed E-state index contributed by atoms with van der Waals surface area (Å²) in [5, 5.41) is 7.29. The van der Waals surface area contributed by atoms with Crippen LogP contribution in [0.5, 0.6) is 5.75 Å². The third-order valence-electron chi connectivity index (χ3n) is 5.56. The number of benzene rings is 1. The maximum absolute atomic E-state index is 12.6. The molecule has 0 aliphatic carbocycles. The van der Waals surface area contributed by atoms with E-state index in [0.717, 1.165) is 36.8 Å². The monoisotopic (exact) mass is 441 g/mol. The van der Waals surface area contributed by atoms with Crippen LogP contribution in [0, 0.1) is 0 Å². The van der Waals surface area contributed by atoms with E-state index in [-0.39, 0.29) is 18.0 Å². The molecule has 2 aromatic heterocycles. The van der Waals surface area contributed by atoms with Crippen molar-refractivity contribution >= 4 is 34.3 Å². The Bertz CT molecular complexity index is 918. The Labute approximate surface area is 185 Å². The molecule has 3 heterocycles. The molecule has 0 saturated carbocycles. The van der Waals surface area contributed by atoms with Crippen molar-refractivity contribution in [3.8, 4) is 5.75 Å². The summed E-state index contributed by atoms with van der Waals surface area (Å²) in [6, 6.07) is 16.5. The molecule has 1 amide bonds. The van der Waals surface area contributed by atoms with Crippen molar-refractivity contribution in [2.75, 3.05) is 38.2 Å². The minimum absolute atomic E-state index is 0.0101.